The van der Waals surface area contributed by atoms with Crippen molar-refractivity contribution in [3.63, 3.8) is 0 Å². The van der Waals surface area contributed by atoms with Crippen LogP contribution in [0.1, 0.15) is 43.3 Å². The molecule has 4 rings (SSSR count). The third-order valence-corrected chi connectivity index (χ3v) is 8.28. The van der Waals surface area contributed by atoms with Gasteiger partial charge in [-0.1, -0.05) is 44.7 Å². The van der Waals surface area contributed by atoms with Gasteiger partial charge in [0, 0.05) is 17.6 Å². The van der Waals surface area contributed by atoms with Crippen LogP contribution in [0.5, 0.6) is 0 Å². The Morgan fingerprint density at radius 1 is 1.36 bits per heavy atom. The summed E-state index contributed by atoms with van der Waals surface area (Å²) in [5, 5.41) is 12.5. The molecule has 1 unspecified atom stereocenters. The van der Waals surface area contributed by atoms with Gasteiger partial charge >= 0.3 is 0 Å². The number of hydrogen-bond donors (Lipinski definition) is 1. The first kappa shape index (κ1) is 23.7. The minimum atomic E-state index is -0.0554. The van der Waals surface area contributed by atoms with Gasteiger partial charge in [0.2, 0.25) is 5.91 Å². The Hall–Kier alpha value is -2.45. The summed E-state index contributed by atoms with van der Waals surface area (Å²) in [5.74, 6) is 1.78. The van der Waals surface area contributed by atoms with E-state index in [1.165, 1.54) is 28.6 Å². The number of fused-ring (bicyclic) bond motifs is 1. The molecular formula is C25H31N5OS2. The van der Waals surface area contributed by atoms with Crippen LogP contribution in [0.15, 0.2) is 48.3 Å². The largest absolute Gasteiger partial charge is 0.350 e. The molecule has 0 aromatic carbocycles. The first-order valence-electron chi connectivity index (χ1n) is 11.3. The molecule has 1 amide bonds. The zero-order valence-electron chi connectivity index (χ0n) is 19.5. The molecule has 1 aliphatic carbocycles. The lowest BCUT2D eigenvalue weighted by Crippen LogP contribution is -2.26. The van der Waals surface area contributed by atoms with Crippen molar-refractivity contribution in [1.29, 1.82) is 0 Å². The van der Waals surface area contributed by atoms with Gasteiger partial charge in [0.1, 0.15) is 0 Å². The van der Waals surface area contributed by atoms with Crippen molar-refractivity contribution in [2.24, 2.45) is 11.3 Å². The van der Waals surface area contributed by atoms with Gasteiger partial charge in [-0.2, -0.15) is 0 Å². The van der Waals surface area contributed by atoms with Crippen LogP contribution in [-0.4, -0.2) is 31.4 Å². The normalized spacial score (nSPS) is 15.8. The molecule has 3 aromatic rings. The van der Waals surface area contributed by atoms with Crippen LogP contribution in [-0.2, 0) is 30.7 Å². The smallest absolute Gasteiger partial charge is 0.230 e. The van der Waals surface area contributed by atoms with Gasteiger partial charge in [-0.15, -0.1) is 28.1 Å². The van der Waals surface area contributed by atoms with E-state index in [0.29, 0.717) is 24.4 Å². The van der Waals surface area contributed by atoms with Crippen LogP contribution in [0.25, 0.3) is 10.7 Å². The standard InChI is InChI=1S/C25H31N5OS2/c1-5-12-30-23(21-14-17-13-18(25(2,3)4)9-10-20(17)33-21)28-29-24(30)32-16-22(31)27-15-19-8-6-7-11-26-19/h5-8,11,14,18H,1,9-10,12-13,15-16H2,2-4H3,(H,27,31). The number of thiophene rings is 1. The number of nitrogens with zero attached hydrogens (tertiary/aromatic N) is 4. The van der Waals surface area contributed by atoms with Gasteiger partial charge in [0.05, 0.1) is 22.9 Å². The minimum absolute atomic E-state index is 0.0554. The second kappa shape index (κ2) is 10.2. The molecule has 8 heteroatoms. The third-order valence-electron chi connectivity index (χ3n) is 6.08. The molecule has 174 valence electrons. The Balaban J connectivity index is 1.44. The lowest BCUT2D eigenvalue weighted by Gasteiger charge is -2.33. The van der Waals surface area contributed by atoms with Gasteiger partial charge in [-0.3, -0.25) is 14.3 Å². The first-order valence-corrected chi connectivity index (χ1v) is 13.1. The topological polar surface area (TPSA) is 72.7 Å². The first-order chi connectivity index (χ1) is 15.8. The van der Waals surface area contributed by atoms with Crippen molar-refractivity contribution in [1.82, 2.24) is 25.1 Å². The molecule has 0 aliphatic heterocycles. The molecule has 33 heavy (non-hydrogen) atoms. The van der Waals surface area contributed by atoms with E-state index in [2.05, 4.69) is 58.5 Å². The van der Waals surface area contributed by atoms with Crippen molar-refractivity contribution >= 4 is 29.0 Å². The molecule has 0 fully saturated rings. The SMILES string of the molecule is C=CCn1c(SCC(=O)NCc2ccccn2)nnc1-c1cc2c(s1)CCC(C(C)(C)C)C2. The summed E-state index contributed by atoms with van der Waals surface area (Å²) >= 11 is 3.23. The Bertz CT molecular complexity index is 1110. The molecular weight excluding hydrogens is 450 g/mol. The summed E-state index contributed by atoms with van der Waals surface area (Å²) in [6, 6.07) is 7.96. The van der Waals surface area contributed by atoms with E-state index < -0.39 is 0 Å². The van der Waals surface area contributed by atoms with Gasteiger partial charge in [0.25, 0.3) is 0 Å². The van der Waals surface area contributed by atoms with Crippen LogP contribution in [0.2, 0.25) is 0 Å². The number of allylic oxidation sites excluding steroid dienone is 1. The van der Waals surface area contributed by atoms with Crippen LogP contribution in [0, 0.1) is 11.3 Å². The zero-order valence-corrected chi connectivity index (χ0v) is 21.1. The number of nitrogens with one attached hydrogen (secondary N) is 1. The fourth-order valence-corrected chi connectivity index (χ4v) is 6.10. The summed E-state index contributed by atoms with van der Waals surface area (Å²) in [4.78, 5) is 19.2. The van der Waals surface area contributed by atoms with E-state index in [1.54, 1.807) is 6.20 Å². The second-order valence-electron chi connectivity index (χ2n) is 9.46. The molecule has 0 saturated carbocycles. The number of hydrogen-bond acceptors (Lipinski definition) is 6. The van der Waals surface area contributed by atoms with E-state index in [9.17, 15) is 4.79 Å². The van der Waals surface area contributed by atoms with E-state index in [0.717, 1.165) is 34.4 Å². The van der Waals surface area contributed by atoms with E-state index in [4.69, 9.17) is 0 Å². The lowest BCUT2D eigenvalue weighted by molar-refractivity contribution is -0.118. The average Bonchev–Trinajstić information content (AvgIpc) is 3.40. The predicted molar refractivity (Wildman–Crippen MR) is 135 cm³/mol. The van der Waals surface area contributed by atoms with Crippen molar-refractivity contribution in [3.05, 3.63) is 59.3 Å². The molecule has 1 aliphatic rings. The quantitative estimate of drug-likeness (QED) is 0.356. The molecule has 1 atom stereocenters. The number of rotatable bonds is 8. The highest BCUT2D eigenvalue weighted by atomic mass is 32.2. The highest BCUT2D eigenvalue weighted by Crippen LogP contribution is 2.42. The maximum atomic E-state index is 12.3. The molecule has 3 heterocycles. The van der Waals surface area contributed by atoms with E-state index >= 15 is 0 Å². The average molecular weight is 482 g/mol. The molecule has 1 N–H and O–H groups in total. The van der Waals surface area contributed by atoms with Crippen LogP contribution >= 0.6 is 23.1 Å². The predicted octanol–water partition coefficient (Wildman–Crippen LogP) is 5.15. The number of pyridine rings is 1. The Morgan fingerprint density at radius 3 is 2.94 bits per heavy atom. The number of amides is 1. The number of carbonyl (C=O) groups is 1. The van der Waals surface area contributed by atoms with Crippen molar-refractivity contribution < 1.29 is 4.79 Å². The zero-order chi connectivity index (χ0) is 23.4. The maximum absolute atomic E-state index is 12.3. The van der Waals surface area contributed by atoms with Gasteiger partial charge in [-0.05, 0) is 54.4 Å². The van der Waals surface area contributed by atoms with Crippen LogP contribution in [0.4, 0.5) is 0 Å². The number of carbonyl (C=O) groups excluding carboxylic acids is 1. The van der Waals surface area contributed by atoms with Crippen molar-refractivity contribution in [2.45, 2.75) is 58.3 Å². The lowest BCUT2D eigenvalue weighted by atomic mass is 9.72. The summed E-state index contributed by atoms with van der Waals surface area (Å²) in [6.45, 7) is 11.9. The van der Waals surface area contributed by atoms with Crippen molar-refractivity contribution in [3.8, 4) is 10.7 Å². The van der Waals surface area contributed by atoms with Crippen LogP contribution in [0.3, 0.4) is 0 Å². The highest BCUT2D eigenvalue weighted by molar-refractivity contribution is 7.99. The van der Waals surface area contributed by atoms with E-state index in [-0.39, 0.29) is 11.7 Å². The molecule has 0 bridgehead atoms. The minimum Gasteiger partial charge on any atom is -0.350 e. The Labute approximate surface area is 203 Å². The van der Waals surface area contributed by atoms with Crippen molar-refractivity contribution in [2.75, 3.05) is 5.75 Å². The number of thioether (sulfide) groups is 1. The molecule has 6 nitrogen and oxygen atoms in total. The maximum Gasteiger partial charge on any atom is 0.230 e. The van der Waals surface area contributed by atoms with Gasteiger partial charge in [0.15, 0.2) is 11.0 Å². The fourth-order valence-electron chi connectivity index (χ4n) is 4.12. The summed E-state index contributed by atoms with van der Waals surface area (Å²) in [5.41, 5.74) is 2.62. The van der Waals surface area contributed by atoms with Gasteiger partial charge in [-0.25, -0.2) is 0 Å². The summed E-state index contributed by atoms with van der Waals surface area (Å²) in [7, 11) is 0. The van der Waals surface area contributed by atoms with Crippen LogP contribution < -0.4 is 5.32 Å². The second-order valence-corrected chi connectivity index (χ2v) is 11.5. The molecule has 0 radical (unpaired) electrons. The molecule has 0 saturated heterocycles. The fraction of sp³-hybridized carbons (Fsp3) is 0.440. The molecule has 0 spiro atoms. The highest BCUT2D eigenvalue weighted by Gasteiger charge is 2.30. The number of aryl methyl sites for hydroxylation is 1. The summed E-state index contributed by atoms with van der Waals surface area (Å²) in [6.07, 6.45) is 7.07. The summed E-state index contributed by atoms with van der Waals surface area (Å²) < 4.78 is 2.06. The Kier molecular flexibility index (Phi) is 7.34. The Morgan fingerprint density at radius 2 is 2.21 bits per heavy atom. The monoisotopic (exact) mass is 481 g/mol. The molecule has 3 aromatic heterocycles. The van der Waals surface area contributed by atoms with E-state index in [1.807, 2.05) is 35.6 Å². The third kappa shape index (κ3) is 5.73. The van der Waals surface area contributed by atoms with Gasteiger partial charge < -0.3 is 5.32 Å². The number of aromatic nitrogens is 4.